The zero-order chi connectivity index (χ0) is 13.9. The normalized spacial score (nSPS) is 12.8. The van der Waals surface area contributed by atoms with Crippen molar-refractivity contribution in [3.8, 4) is 0 Å². The smallest absolute Gasteiger partial charge is 0.0931 e. The van der Waals surface area contributed by atoms with Gasteiger partial charge in [-0.05, 0) is 31.5 Å². The van der Waals surface area contributed by atoms with Crippen molar-refractivity contribution in [3.63, 3.8) is 0 Å². The number of unbranched alkanes of at least 4 members (excludes halogenated alkanes) is 5. The molecule has 1 rings (SSSR count). The van der Waals surface area contributed by atoms with Gasteiger partial charge in [-0.3, -0.25) is 0 Å². The summed E-state index contributed by atoms with van der Waals surface area (Å²) in [6, 6.07) is 4.70. The molecule has 0 aliphatic carbocycles. The SMILES string of the molecule is CCCCCCCCC(NCCC)c1ccc(Cl)s1. The largest absolute Gasteiger partial charge is 0.309 e. The third-order valence-corrected chi connectivity index (χ3v) is 4.77. The van der Waals surface area contributed by atoms with Gasteiger partial charge in [0.1, 0.15) is 0 Å². The van der Waals surface area contributed by atoms with E-state index in [1.54, 1.807) is 11.3 Å². The van der Waals surface area contributed by atoms with Crippen molar-refractivity contribution in [3.05, 3.63) is 21.3 Å². The molecule has 0 spiro atoms. The van der Waals surface area contributed by atoms with E-state index in [2.05, 4.69) is 25.2 Å². The molecular formula is C16H28ClNS. The molecule has 1 atom stereocenters. The summed E-state index contributed by atoms with van der Waals surface area (Å²) in [7, 11) is 0. The Bertz CT molecular complexity index is 324. The van der Waals surface area contributed by atoms with Gasteiger partial charge in [0.2, 0.25) is 0 Å². The van der Waals surface area contributed by atoms with Gasteiger partial charge in [0, 0.05) is 10.9 Å². The molecule has 19 heavy (non-hydrogen) atoms. The van der Waals surface area contributed by atoms with Crippen LogP contribution < -0.4 is 5.32 Å². The van der Waals surface area contributed by atoms with Crippen molar-refractivity contribution in [1.29, 1.82) is 0 Å². The minimum Gasteiger partial charge on any atom is -0.309 e. The average Bonchev–Trinajstić information content (AvgIpc) is 2.83. The van der Waals surface area contributed by atoms with Gasteiger partial charge in [-0.2, -0.15) is 0 Å². The van der Waals surface area contributed by atoms with E-state index in [4.69, 9.17) is 11.6 Å². The second-order valence-corrected chi connectivity index (χ2v) is 6.95. The van der Waals surface area contributed by atoms with Crippen molar-refractivity contribution in [1.82, 2.24) is 5.32 Å². The van der Waals surface area contributed by atoms with E-state index >= 15 is 0 Å². The lowest BCUT2D eigenvalue weighted by molar-refractivity contribution is 0.472. The highest BCUT2D eigenvalue weighted by atomic mass is 35.5. The van der Waals surface area contributed by atoms with Gasteiger partial charge < -0.3 is 5.32 Å². The first kappa shape index (κ1) is 17.0. The Balaban J connectivity index is 2.29. The van der Waals surface area contributed by atoms with Gasteiger partial charge in [-0.25, -0.2) is 0 Å². The maximum absolute atomic E-state index is 6.05. The van der Waals surface area contributed by atoms with Crippen LogP contribution in [-0.2, 0) is 0 Å². The third-order valence-electron chi connectivity index (χ3n) is 3.42. The number of thiophene rings is 1. The van der Waals surface area contributed by atoms with E-state index in [9.17, 15) is 0 Å². The minimum absolute atomic E-state index is 0.503. The Hall–Kier alpha value is -0.0500. The van der Waals surface area contributed by atoms with Crippen molar-refractivity contribution < 1.29 is 0 Å². The standard InChI is InChI=1S/C16H28ClNS/c1-3-5-6-7-8-9-10-14(18-13-4-2)15-11-12-16(17)19-15/h11-12,14,18H,3-10,13H2,1-2H3. The molecule has 0 saturated carbocycles. The first-order chi connectivity index (χ1) is 9.27. The highest BCUT2D eigenvalue weighted by Gasteiger charge is 2.12. The summed E-state index contributed by atoms with van der Waals surface area (Å²) < 4.78 is 0.904. The van der Waals surface area contributed by atoms with Crippen molar-refractivity contribution in [2.75, 3.05) is 6.54 Å². The molecule has 0 radical (unpaired) electrons. The molecule has 0 aliphatic heterocycles. The van der Waals surface area contributed by atoms with E-state index in [1.807, 2.05) is 6.07 Å². The van der Waals surface area contributed by atoms with Crippen LogP contribution in [0.4, 0.5) is 0 Å². The predicted molar refractivity (Wildman–Crippen MR) is 88.4 cm³/mol. The third kappa shape index (κ3) is 7.34. The molecule has 0 aromatic carbocycles. The number of hydrogen-bond acceptors (Lipinski definition) is 2. The van der Waals surface area contributed by atoms with Gasteiger partial charge in [-0.15, -0.1) is 11.3 Å². The molecule has 1 unspecified atom stereocenters. The molecule has 0 bridgehead atoms. The highest BCUT2D eigenvalue weighted by Crippen LogP contribution is 2.30. The number of nitrogens with one attached hydrogen (secondary N) is 1. The van der Waals surface area contributed by atoms with Gasteiger partial charge in [0.15, 0.2) is 0 Å². The quantitative estimate of drug-likeness (QED) is 0.480. The summed E-state index contributed by atoms with van der Waals surface area (Å²) in [5.74, 6) is 0. The van der Waals surface area contributed by atoms with Crippen LogP contribution in [0.3, 0.4) is 0 Å². The van der Waals surface area contributed by atoms with Crippen LogP contribution in [0.1, 0.15) is 76.1 Å². The van der Waals surface area contributed by atoms with Crippen molar-refractivity contribution in [2.45, 2.75) is 71.3 Å². The topological polar surface area (TPSA) is 12.0 Å². The molecule has 110 valence electrons. The van der Waals surface area contributed by atoms with Crippen LogP contribution >= 0.6 is 22.9 Å². The second kappa shape index (κ2) is 10.7. The molecule has 1 heterocycles. The highest BCUT2D eigenvalue weighted by molar-refractivity contribution is 7.16. The van der Waals surface area contributed by atoms with E-state index < -0.39 is 0 Å². The van der Waals surface area contributed by atoms with Gasteiger partial charge in [-0.1, -0.05) is 64.0 Å². The molecule has 3 heteroatoms. The molecule has 1 aromatic rings. The number of rotatable bonds is 11. The van der Waals surface area contributed by atoms with Gasteiger partial charge in [0.05, 0.1) is 4.34 Å². The zero-order valence-electron chi connectivity index (χ0n) is 12.4. The van der Waals surface area contributed by atoms with E-state index in [0.717, 1.165) is 10.9 Å². The fourth-order valence-corrected chi connectivity index (χ4v) is 3.48. The van der Waals surface area contributed by atoms with Crippen molar-refractivity contribution >= 4 is 22.9 Å². The Labute approximate surface area is 127 Å². The molecule has 0 fully saturated rings. The molecule has 0 aliphatic rings. The molecule has 0 saturated heterocycles. The summed E-state index contributed by atoms with van der Waals surface area (Å²) in [5.41, 5.74) is 0. The van der Waals surface area contributed by atoms with Gasteiger partial charge >= 0.3 is 0 Å². The number of hydrogen-bond donors (Lipinski definition) is 1. The lowest BCUT2D eigenvalue weighted by Crippen LogP contribution is -2.21. The molecule has 0 amide bonds. The van der Waals surface area contributed by atoms with Crippen LogP contribution in [-0.4, -0.2) is 6.54 Å². The fraction of sp³-hybridized carbons (Fsp3) is 0.750. The van der Waals surface area contributed by atoms with Crippen LogP contribution in [0.15, 0.2) is 12.1 Å². The van der Waals surface area contributed by atoms with Crippen LogP contribution in [0.2, 0.25) is 4.34 Å². The van der Waals surface area contributed by atoms with Crippen LogP contribution in [0, 0.1) is 0 Å². The Morgan fingerprint density at radius 3 is 2.42 bits per heavy atom. The van der Waals surface area contributed by atoms with E-state index in [-0.39, 0.29) is 0 Å². The average molecular weight is 302 g/mol. The zero-order valence-corrected chi connectivity index (χ0v) is 14.0. The Kier molecular flexibility index (Phi) is 9.58. The fourth-order valence-electron chi connectivity index (χ4n) is 2.31. The monoisotopic (exact) mass is 301 g/mol. The summed E-state index contributed by atoms with van der Waals surface area (Å²) >= 11 is 7.77. The summed E-state index contributed by atoms with van der Waals surface area (Å²) in [6.07, 6.45) is 10.6. The summed E-state index contributed by atoms with van der Waals surface area (Å²) in [6.45, 7) is 5.58. The minimum atomic E-state index is 0.503. The first-order valence-corrected chi connectivity index (χ1v) is 8.96. The summed E-state index contributed by atoms with van der Waals surface area (Å²) in [5, 5.41) is 3.65. The summed E-state index contributed by atoms with van der Waals surface area (Å²) in [4.78, 5) is 1.40. The molecule has 1 aromatic heterocycles. The maximum Gasteiger partial charge on any atom is 0.0931 e. The molecule has 1 nitrogen and oxygen atoms in total. The molecule has 1 N–H and O–H groups in total. The lowest BCUT2D eigenvalue weighted by Gasteiger charge is -2.17. The van der Waals surface area contributed by atoms with Crippen LogP contribution in [0.25, 0.3) is 0 Å². The van der Waals surface area contributed by atoms with E-state index in [0.29, 0.717) is 6.04 Å². The lowest BCUT2D eigenvalue weighted by atomic mass is 10.0. The Morgan fingerprint density at radius 1 is 1.05 bits per heavy atom. The molecular weight excluding hydrogens is 274 g/mol. The second-order valence-electron chi connectivity index (χ2n) is 5.21. The predicted octanol–water partition coefficient (Wildman–Crippen LogP) is 6.19. The first-order valence-electron chi connectivity index (χ1n) is 7.76. The van der Waals surface area contributed by atoms with Gasteiger partial charge in [0.25, 0.3) is 0 Å². The maximum atomic E-state index is 6.05. The Morgan fingerprint density at radius 2 is 1.79 bits per heavy atom. The van der Waals surface area contributed by atoms with E-state index in [1.165, 1.54) is 56.2 Å². The van der Waals surface area contributed by atoms with Crippen molar-refractivity contribution in [2.24, 2.45) is 0 Å². The van der Waals surface area contributed by atoms with Crippen LogP contribution in [0.5, 0.6) is 0 Å². The number of halogens is 1.